The molecule has 1 fully saturated rings. The number of thiophene rings is 1. The minimum atomic E-state index is 0.636. The van der Waals surface area contributed by atoms with Gasteiger partial charge in [0, 0.05) is 28.6 Å². The van der Waals surface area contributed by atoms with Crippen LogP contribution in [0.3, 0.4) is 0 Å². The Morgan fingerprint density at radius 3 is 3.07 bits per heavy atom. The van der Waals surface area contributed by atoms with Crippen molar-refractivity contribution in [2.24, 2.45) is 0 Å². The molecule has 2 unspecified atom stereocenters. The maximum absolute atomic E-state index is 3.48. The average Bonchev–Trinajstić information content (AvgIpc) is 2.80. The second kappa shape index (κ2) is 6.18. The van der Waals surface area contributed by atoms with Crippen LogP contribution in [0.2, 0.25) is 0 Å². The predicted molar refractivity (Wildman–Crippen MR) is 74.4 cm³/mol. The molecular weight excluding hydrogens is 242 g/mol. The molecule has 0 saturated carbocycles. The van der Waals surface area contributed by atoms with Crippen LogP contribution in [0, 0.1) is 0 Å². The fourth-order valence-electron chi connectivity index (χ4n) is 1.82. The third kappa shape index (κ3) is 3.41. The van der Waals surface area contributed by atoms with E-state index in [1.54, 1.807) is 11.3 Å². The second-order valence-corrected chi connectivity index (χ2v) is 6.99. The van der Waals surface area contributed by atoms with Gasteiger partial charge in [-0.15, -0.1) is 0 Å². The van der Waals surface area contributed by atoms with Crippen LogP contribution in [0.1, 0.15) is 5.56 Å². The van der Waals surface area contributed by atoms with Crippen LogP contribution in [-0.2, 0) is 6.42 Å². The quantitative estimate of drug-likeness (QED) is 0.893. The van der Waals surface area contributed by atoms with Crippen LogP contribution >= 0.6 is 34.9 Å². The lowest BCUT2D eigenvalue weighted by molar-refractivity contribution is 0.558. The van der Waals surface area contributed by atoms with E-state index in [-0.39, 0.29) is 0 Å². The first kappa shape index (κ1) is 11.8. The van der Waals surface area contributed by atoms with Gasteiger partial charge in [0.15, 0.2) is 0 Å². The third-order valence-corrected chi connectivity index (χ3v) is 6.35. The van der Waals surface area contributed by atoms with Crippen molar-refractivity contribution in [2.45, 2.75) is 17.7 Å². The van der Waals surface area contributed by atoms with Gasteiger partial charge in [-0.1, -0.05) is 0 Å². The lowest BCUT2D eigenvalue weighted by Gasteiger charge is -2.29. The molecule has 1 aliphatic rings. The Morgan fingerprint density at radius 1 is 1.53 bits per heavy atom. The molecule has 2 rings (SSSR count). The minimum Gasteiger partial charge on any atom is -0.316 e. The zero-order chi connectivity index (χ0) is 10.5. The van der Waals surface area contributed by atoms with Gasteiger partial charge >= 0.3 is 0 Å². The van der Waals surface area contributed by atoms with Gasteiger partial charge in [0.05, 0.1) is 0 Å². The van der Waals surface area contributed by atoms with Crippen molar-refractivity contribution in [2.75, 3.05) is 24.3 Å². The Morgan fingerprint density at radius 2 is 2.47 bits per heavy atom. The zero-order valence-electron chi connectivity index (χ0n) is 8.94. The Labute approximate surface area is 104 Å². The molecule has 1 nitrogen and oxygen atoms in total. The number of likely N-dealkylation sites (N-methyl/N-ethyl adjacent to an activating group) is 1. The highest BCUT2D eigenvalue weighted by atomic mass is 32.2. The van der Waals surface area contributed by atoms with E-state index in [1.807, 2.05) is 0 Å². The third-order valence-electron chi connectivity index (χ3n) is 2.70. The van der Waals surface area contributed by atoms with Crippen molar-refractivity contribution in [3.63, 3.8) is 0 Å². The van der Waals surface area contributed by atoms with Gasteiger partial charge in [-0.2, -0.15) is 34.9 Å². The summed E-state index contributed by atoms with van der Waals surface area (Å²) >= 11 is 6.04. The Balaban J connectivity index is 1.91. The van der Waals surface area contributed by atoms with Gasteiger partial charge in [0.2, 0.25) is 0 Å². The Kier molecular flexibility index (Phi) is 4.88. The number of thioether (sulfide) groups is 2. The summed E-state index contributed by atoms with van der Waals surface area (Å²) in [6.07, 6.45) is 1.18. The molecule has 0 aliphatic carbocycles. The predicted octanol–water partition coefficient (Wildman–Crippen LogP) is 2.73. The van der Waals surface area contributed by atoms with Crippen LogP contribution in [0.4, 0.5) is 0 Å². The largest absolute Gasteiger partial charge is 0.316 e. The summed E-state index contributed by atoms with van der Waals surface area (Å²) in [7, 11) is 2.09. The summed E-state index contributed by atoms with van der Waals surface area (Å²) < 4.78 is 0. The van der Waals surface area contributed by atoms with E-state index in [0.29, 0.717) is 6.04 Å². The average molecular weight is 259 g/mol. The molecule has 0 bridgehead atoms. The smallest absolute Gasteiger partial charge is 0.0295 e. The molecule has 1 N–H and O–H groups in total. The zero-order valence-corrected chi connectivity index (χ0v) is 11.4. The second-order valence-electron chi connectivity index (χ2n) is 3.72. The fraction of sp³-hybridized carbons (Fsp3) is 0.636. The molecule has 0 radical (unpaired) electrons. The summed E-state index contributed by atoms with van der Waals surface area (Å²) in [5.74, 6) is 3.95. The lowest BCUT2D eigenvalue weighted by Crippen LogP contribution is -2.40. The van der Waals surface area contributed by atoms with Gasteiger partial charge in [-0.25, -0.2) is 0 Å². The Hall–Kier alpha value is 0.360. The molecule has 1 saturated heterocycles. The van der Waals surface area contributed by atoms with Gasteiger partial charge in [0.1, 0.15) is 0 Å². The van der Waals surface area contributed by atoms with Crippen molar-refractivity contribution in [3.05, 3.63) is 22.4 Å². The number of nitrogens with one attached hydrogen (secondary N) is 1. The normalized spacial score (nSPS) is 23.9. The number of rotatable bonds is 4. The molecule has 84 valence electrons. The number of hydrogen-bond donors (Lipinski definition) is 1. The molecule has 1 aliphatic heterocycles. The summed E-state index contributed by atoms with van der Waals surface area (Å²) in [5, 5.41) is 8.71. The molecule has 1 aromatic heterocycles. The summed E-state index contributed by atoms with van der Waals surface area (Å²) in [6.45, 7) is 0. The van der Waals surface area contributed by atoms with E-state index in [2.05, 4.69) is 52.7 Å². The molecule has 0 amide bonds. The first-order chi connectivity index (χ1) is 7.40. The van der Waals surface area contributed by atoms with E-state index < -0.39 is 0 Å². The van der Waals surface area contributed by atoms with Crippen molar-refractivity contribution in [1.29, 1.82) is 0 Å². The van der Waals surface area contributed by atoms with Gasteiger partial charge < -0.3 is 5.32 Å². The van der Waals surface area contributed by atoms with Crippen molar-refractivity contribution < 1.29 is 0 Å². The monoisotopic (exact) mass is 259 g/mol. The van der Waals surface area contributed by atoms with Crippen LogP contribution in [0.5, 0.6) is 0 Å². The van der Waals surface area contributed by atoms with Gasteiger partial charge in [0.25, 0.3) is 0 Å². The molecule has 2 atom stereocenters. The molecule has 15 heavy (non-hydrogen) atoms. The van der Waals surface area contributed by atoms with Crippen LogP contribution in [0.25, 0.3) is 0 Å². The maximum Gasteiger partial charge on any atom is 0.0295 e. The van der Waals surface area contributed by atoms with E-state index in [9.17, 15) is 0 Å². The summed E-state index contributed by atoms with van der Waals surface area (Å²) in [6, 6.07) is 2.88. The van der Waals surface area contributed by atoms with Crippen LogP contribution in [0.15, 0.2) is 16.8 Å². The molecule has 0 aromatic carbocycles. The van der Waals surface area contributed by atoms with E-state index in [1.165, 1.54) is 29.2 Å². The van der Waals surface area contributed by atoms with Crippen molar-refractivity contribution >= 4 is 34.9 Å². The van der Waals surface area contributed by atoms with Crippen LogP contribution < -0.4 is 5.32 Å². The maximum atomic E-state index is 3.48. The molecule has 1 aromatic rings. The highest BCUT2D eigenvalue weighted by molar-refractivity contribution is 8.06. The first-order valence-corrected chi connectivity index (χ1v) is 8.42. The molecule has 2 heterocycles. The SMILES string of the molecule is CNC(Cc1ccsc1)C1CSCCS1. The first-order valence-electron chi connectivity index (χ1n) is 5.28. The summed E-state index contributed by atoms with van der Waals surface area (Å²) in [5.41, 5.74) is 1.48. The number of hydrogen-bond acceptors (Lipinski definition) is 4. The minimum absolute atomic E-state index is 0.636. The topological polar surface area (TPSA) is 12.0 Å². The Bertz CT molecular complexity index is 267. The fourth-order valence-corrected chi connectivity index (χ4v) is 5.43. The summed E-state index contributed by atoms with van der Waals surface area (Å²) in [4.78, 5) is 0. The van der Waals surface area contributed by atoms with Gasteiger partial charge in [-0.3, -0.25) is 0 Å². The van der Waals surface area contributed by atoms with E-state index in [0.717, 1.165) is 5.25 Å². The van der Waals surface area contributed by atoms with Crippen molar-refractivity contribution in [1.82, 2.24) is 5.32 Å². The standard InChI is InChI=1S/C11H17NS3/c1-12-10(6-9-2-3-13-7-9)11-8-14-4-5-15-11/h2-3,7,10-12H,4-6,8H2,1H3. The molecular formula is C11H17NS3. The lowest BCUT2D eigenvalue weighted by atomic mass is 10.1. The van der Waals surface area contributed by atoms with E-state index >= 15 is 0 Å². The van der Waals surface area contributed by atoms with Crippen LogP contribution in [-0.4, -0.2) is 35.6 Å². The molecule has 4 heteroatoms. The highest BCUT2D eigenvalue weighted by Crippen LogP contribution is 2.27. The van der Waals surface area contributed by atoms with E-state index in [4.69, 9.17) is 0 Å². The highest BCUT2D eigenvalue weighted by Gasteiger charge is 2.23. The van der Waals surface area contributed by atoms with Crippen molar-refractivity contribution in [3.8, 4) is 0 Å². The molecule has 0 spiro atoms. The van der Waals surface area contributed by atoms with Gasteiger partial charge in [-0.05, 0) is 35.9 Å².